The lowest BCUT2D eigenvalue weighted by Gasteiger charge is -2.00. The SMILES string of the molecule is COc1ccc2[nH]cc(CCCl)c2c1. The number of hydrogen-bond donors (Lipinski definition) is 1. The summed E-state index contributed by atoms with van der Waals surface area (Å²) in [7, 11) is 1.68. The molecular formula is C11H12ClNO. The van der Waals surface area contributed by atoms with E-state index in [2.05, 4.69) is 4.98 Å². The molecule has 0 saturated carbocycles. The van der Waals surface area contributed by atoms with Crippen LogP contribution in [0.4, 0.5) is 0 Å². The van der Waals surface area contributed by atoms with Crippen molar-refractivity contribution < 1.29 is 4.74 Å². The maximum atomic E-state index is 5.72. The van der Waals surface area contributed by atoms with Crippen molar-refractivity contribution in [1.82, 2.24) is 4.98 Å². The van der Waals surface area contributed by atoms with Crippen LogP contribution in [0, 0.1) is 0 Å². The van der Waals surface area contributed by atoms with E-state index in [1.807, 2.05) is 24.4 Å². The van der Waals surface area contributed by atoms with E-state index >= 15 is 0 Å². The molecule has 0 aliphatic rings. The van der Waals surface area contributed by atoms with Gasteiger partial charge in [0.25, 0.3) is 0 Å². The van der Waals surface area contributed by atoms with Crippen LogP contribution in [0.3, 0.4) is 0 Å². The first kappa shape index (κ1) is 9.41. The molecule has 0 amide bonds. The number of ether oxygens (including phenoxy) is 1. The smallest absolute Gasteiger partial charge is 0.119 e. The van der Waals surface area contributed by atoms with Gasteiger partial charge >= 0.3 is 0 Å². The maximum Gasteiger partial charge on any atom is 0.119 e. The predicted octanol–water partition coefficient (Wildman–Crippen LogP) is 2.96. The Morgan fingerprint density at radius 2 is 2.29 bits per heavy atom. The minimum Gasteiger partial charge on any atom is -0.497 e. The third-order valence-electron chi connectivity index (χ3n) is 2.34. The normalized spacial score (nSPS) is 10.7. The zero-order chi connectivity index (χ0) is 9.97. The maximum absolute atomic E-state index is 5.72. The number of aromatic nitrogens is 1. The van der Waals surface area contributed by atoms with Crippen molar-refractivity contribution in [2.24, 2.45) is 0 Å². The molecule has 14 heavy (non-hydrogen) atoms. The summed E-state index contributed by atoms with van der Waals surface area (Å²) in [6, 6.07) is 6.00. The van der Waals surface area contributed by atoms with Crippen LogP contribution in [-0.2, 0) is 6.42 Å². The summed E-state index contributed by atoms with van der Waals surface area (Å²) >= 11 is 5.72. The van der Waals surface area contributed by atoms with Crippen molar-refractivity contribution in [3.63, 3.8) is 0 Å². The molecule has 2 aromatic rings. The second kappa shape index (κ2) is 3.93. The second-order valence-electron chi connectivity index (χ2n) is 3.16. The Balaban J connectivity index is 2.52. The van der Waals surface area contributed by atoms with Crippen LogP contribution in [0.1, 0.15) is 5.56 Å². The third-order valence-corrected chi connectivity index (χ3v) is 2.53. The number of rotatable bonds is 3. The predicted molar refractivity (Wildman–Crippen MR) is 59.3 cm³/mol. The number of aromatic amines is 1. The lowest BCUT2D eigenvalue weighted by molar-refractivity contribution is 0.415. The van der Waals surface area contributed by atoms with Crippen molar-refractivity contribution in [3.8, 4) is 5.75 Å². The standard InChI is InChI=1S/C11H12ClNO/c1-14-9-2-3-11-10(6-9)8(4-5-12)7-13-11/h2-3,6-7,13H,4-5H2,1H3. The van der Waals surface area contributed by atoms with Gasteiger partial charge in [-0.1, -0.05) is 0 Å². The molecule has 3 heteroatoms. The molecule has 0 spiro atoms. The molecule has 1 heterocycles. The molecular weight excluding hydrogens is 198 g/mol. The van der Waals surface area contributed by atoms with Crippen LogP contribution in [0.25, 0.3) is 10.9 Å². The molecule has 1 N–H and O–H groups in total. The van der Waals surface area contributed by atoms with Crippen molar-refractivity contribution in [2.45, 2.75) is 6.42 Å². The van der Waals surface area contributed by atoms with E-state index in [9.17, 15) is 0 Å². The van der Waals surface area contributed by atoms with E-state index < -0.39 is 0 Å². The first-order chi connectivity index (χ1) is 6.85. The summed E-state index contributed by atoms with van der Waals surface area (Å²) in [6.45, 7) is 0. The number of methoxy groups -OCH3 is 1. The molecule has 1 aromatic heterocycles. The number of aryl methyl sites for hydroxylation is 1. The summed E-state index contributed by atoms with van der Waals surface area (Å²) in [5, 5.41) is 1.20. The van der Waals surface area contributed by atoms with E-state index in [1.54, 1.807) is 7.11 Å². The summed E-state index contributed by atoms with van der Waals surface area (Å²) in [6.07, 6.45) is 2.89. The quantitative estimate of drug-likeness (QED) is 0.773. The Morgan fingerprint density at radius 3 is 3.00 bits per heavy atom. The fourth-order valence-electron chi connectivity index (χ4n) is 1.59. The molecule has 0 atom stereocenters. The van der Waals surface area contributed by atoms with Crippen molar-refractivity contribution >= 4 is 22.5 Å². The number of halogens is 1. The van der Waals surface area contributed by atoms with Crippen molar-refractivity contribution in [1.29, 1.82) is 0 Å². The number of fused-ring (bicyclic) bond motifs is 1. The molecule has 0 fully saturated rings. The zero-order valence-electron chi connectivity index (χ0n) is 8.01. The van der Waals surface area contributed by atoms with Crippen LogP contribution in [-0.4, -0.2) is 18.0 Å². The molecule has 0 radical (unpaired) electrons. The Labute approximate surface area is 87.8 Å². The average Bonchev–Trinajstić information content (AvgIpc) is 2.61. The van der Waals surface area contributed by atoms with Crippen LogP contribution < -0.4 is 4.74 Å². The van der Waals surface area contributed by atoms with Gasteiger partial charge in [-0.15, -0.1) is 11.6 Å². The third kappa shape index (κ3) is 1.58. The lowest BCUT2D eigenvalue weighted by atomic mass is 10.1. The zero-order valence-corrected chi connectivity index (χ0v) is 8.77. The van der Waals surface area contributed by atoms with E-state index in [-0.39, 0.29) is 0 Å². The molecule has 2 rings (SSSR count). The topological polar surface area (TPSA) is 25.0 Å². The van der Waals surface area contributed by atoms with Gasteiger partial charge in [-0.25, -0.2) is 0 Å². The Bertz CT molecular complexity index is 436. The Hall–Kier alpha value is -1.15. The summed E-state index contributed by atoms with van der Waals surface area (Å²) < 4.78 is 5.18. The average molecular weight is 210 g/mol. The molecule has 2 nitrogen and oxygen atoms in total. The summed E-state index contributed by atoms with van der Waals surface area (Å²) in [5.74, 6) is 1.53. The summed E-state index contributed by atoms with van der Waals surface area (Å²) in [5.41, 5.74) is 2.37. The van der Waals surface area contributed by atoms with Crippen LogP contribution in [0.2, 0.25) is 0 Å². The fourth-order valence-corrected chi connectivity index (χ4v) is 1.80. The molecule has 0 bridgehead atoms. The van der Waals surface area contributed by atoms with Crippen molar-refractivity contribution in [2.75, 3.05) is 13.0 Å². The second-order valence-corrected chi connectivity index (χ2v) is 3.54. The highest BCUT2D eigenvalue weighted by Gasteiger charge is 2.03. The van der Waals surface area contributed by atoms with Gasteiger partial charge in [0.15, 0.2) is 0 Å². The van der Waals surface area contributed by atoms with Gasteiger partial charge in [-0.3, -0.25) is 0 Å². The fraction of sp³-hybridized carbons (Fsp3) is 0.273. The largest absolute Gasteiger partial charge is 0.497 e. The highest BCUT2D eigenvalue weighted by molar-refractivity contribution is 6.18. The van der Waals surface area contributed by atoms with E-state index in [0.29, 0.717) is 5.88 Å². The van der Waals surface area contributed by atoms with Gasteiger partial charge in [-0.05, 0) is 30.2 Å². The van der Waals surface area contributed by atoms with Gasteiger partial charge in [0.2, 0.25) is 0 Å². The lowest BCUT2D eigenvalue weighted by Crippen LogP contribution is -1.85. The number of hydrogen-bond acceptors (Lipinski definition) is 1. The number of nitrogens with one attached hydrogen (secondary N) is 1. The highest BCUT2D eigenvalue weighted by atomic mass is 35.5. The van der Waals surface area contributed by atoms with Crippen LogP contribution >= 0.6 is 11.6 Å². The molecule has 0 unspecified atom stereocenters. The van der Waals surface area contributed by atoms with Gasteiger partial charge in [0.1, 0.15) is 5.75 Å². The van der Waals surface area contributed by atoms with Crippen molar-refractivity contribution in [3.05, 3.63) is 30.0 Å². The first-order valence-corrected chi connectivity index (χ1v) is 5.08. The summed E-state index contributed by atoms with van der Waals surface area (Å²) in [4.78, 5) is 3.21. The monoisotopic (exact) mass is 209 g/mol. The van der Waals surface area contributed by atoms with Gasteiger partial charge in [0.05, 0.1) is 7.11 Å². The number of alkyl halides is 1. The van der Waals surface area contributed by atoms with Crippen LogP contribution in [0.5, 0.6) is 5.75 Å². The number of benzene rings is 1. The van der Waals surface area contributed by atoms with Crippen LogP contribution in [0.15, 0.2) is 24.4 Å². The molecule has 0 saturated heterocycles. The minimum absolute atomic E-state index is 0.643. The first-order valence-electron chi connectivity index (χ1n) is 4.55. The minimum atomic E-state index is 0.643. The van der Waals surface area contributed by atoms with Gasteiger partial charge in [-0.2, -0.15) is 0 Å². The van der Waals surface area contributed by atoms with Gasteiger partial charge < -0.3 is 9.72 Å². The molecule has 0 aliphatic carbocycles. The Morgan fingerprint density at radius 1 is 1.43 bits per heavy atom. The number of H-pyrrole nitrogens is 1. The van der Waals surface area contributed by atoms with E-state index in [1.165, 1.54) is 10.9 Å². The molecule has 0 aliphatic heterocycles. The molecule has 74 valence electrons. The van der Waals surface area contributed by atoms with Gasteiger partial charge in [0, 0.05) is 23.0 Å². The van der Waals surface area contributed by atoms with E-state index in [4.69, 9.17) is 16.3 Å². The Kier molecular flexibility index (Phi) is 2.64. The van der Waals surface area contributed by atoms with E-state index in [0.717, 1.165) is 17.7 Å². The molecule has 1 aromatic carbocycles. The highest BCUT2D eigenvalue weighted by Crippen LogP contribution is 2.23.